The third-order valence-electron chi connectivity index (χ3n) is 7.39. The largest absolute Gasteiger partial charge is 0.508 e. The Morgan fingerprint density at radius 1 is 0.971 bits per heavy atom. The summed E-state index contributed by atoms with van der Waals surface area (Å²) in [7, 11) is -1.41. The fourth-order valence-corrected chi connectivity index (χ4v) is 6.45. The summed E-state index contributed by atoms with van der Waals surface area (Å²) in [5, 5.41) is 22.5. The molecule has 5 rings (SSSR count). The lowest BCUT2D eigenvalue weighted by molar-refractivity contribution is -0.176. The van der Waals surface area contributed by atoms with Gasteiger partial charge in [0.15, 0.2) is 0 Å². The highest BCUT2D eigenvalue weighted by Gasteiger charge is 2.63. The maximum Gasteiger partial charge on any atom is 0.310 e. The molecule has 0 radical (unpaired) electrons. The van der Waals surface area contributed by atoms with E-state index in [9.17, 15) is 19.8 Å². The highest BCUT2D eigenvalue weighted by molar-refractivity contribution is 6.76. The van der Waals surface area contributed by atoms with E-state index >= 15 is 0 Å². The van der Waals surface area contributed by atoms with Gasteiger partial charge in [0.05, 0.1) is 30.7 Å². The van der Waals surface area contributed by atoms with Crippen LogP contribution < -0.4 is 0 Å². The molecule has 0 amide bonds. The van der Waals surface area contributed by atoms with Crippen LogP contribution in [0.5, 0.6) is 5.75 Å². The molecule has 5 atom stereocenters. The van der Waals surface area contributed by atoms with Crippen molar-refractivity contribution in [2.75, 3.05) is 13.2 Å². The van der Waals surface area contributed by atoms with Crippen molar-refractivity contribution in [2.24, 2.45) is 11.8 Å². The average molecular weight is 497 g/mol. The van der Waals surface area contributed by atoms with Crippen LogP contribution >= 0.6 is 0 Å². The van der Waals surface area contributed by atoms with E-state index in [0.29, 0.717) is 24.2 Å². The van der Waals surface area contributed by atoms with Gasteiger partial charge in [0.1, 0.15) is 5.75 Å². The molecule has 6 nitrogen and oxygen atoms in total. The number of aromatic hydroxyl groups is 1. The van der Waals surface area contributed by atoms with E-state index in [1.807, 2.05) is 43.3 Å². The zero-order chi connectivity index (χ0) is 25.4. The van der Waals surface area contributed by atoms with Gasteiger partial charge in [-0.3, -0.25) is 9.59 Å². The number of phenols is 1. The molecule has 3 aliphatic carbocycles. The summed E-state index contributed by atoms with van der Waals surface area (Å²) in [6, 6.07) is 15.1. The van der Waals surface area contributed by atoms with Crippen LogP contribution in [0.2, 0.25) is 25.7 Å². The topological polar surface area (TPSA) is 93.1 Å². The molecule has 7 heteroatoms. The van der Waals surface area contributed by atoms with Gasteiger partial charge >= 0.3 is 11.9 Å². The molecule has 0 heterocycles. The van der Waals surface area contributed by atoms with Crippen molar-refractivity contribution in [3.63, 3.8) is 0 Å². The van der Waals surface area contributed by atoms with Crippen LogP contribution in [0.25, 0.3) is 0 Å². The number of ether oxygens (including phenoxy) is 2. The lowest BCUT2D eigenvalue weighted by atomic mass is 9.49. The third-order valence-corrected chi connectivity index (χ3v) is 9.10. The highest BCUT2D eigenvalue weighted by Crippen LogP contribution is 2.63. The van der Waals surface area contributed by atoms with Crippen LogP contribution in [0.1, 0.15) is 48.3 Å². The van der Waals surface area contributed by atoms with Gasteiger partial charge in [0.25, 0.3) is 0 Å². The summed E-state index contributed by atoms with van der Waals surface area (Å²) in [6.07, 6.45) is 0.934. The van der Waals surface area contributed by atoms with Gasteiger partial charge in [0.2, 0.25) is 0 Å². The summed E-state index contributed by atoms with van der Waals surface area (Å²) in [5.74, 6) is -3.73. The van der Waals surface area contributed by atoms with E-state index in [1.54, 1.807) is 12.1 Å². The number of benzene rings is 2. The number of fused-ring (bicyclic) bond motifs is 2. The zero-order valence-corrected chi connectivity index (χ0v) is 22.0. The van der Waals surface area contributed by atoms with Crippen molar-refractivity contribution in [1.82, 2.24) is 0 Å². The van der Waals surface area contributed by atoms with Crippen molar-refractivity contribution in [3.8, 4) is 5.75 Å². The minimum atomic E-state index is -1.41. The summed E-state index contributed by atoms with van der Waals surface area (Å²) in [6.45, 7) is 9.13. The van der Waals surface area contributed by atoms with E-state index in [1.165, 1.54) is 0 Å². The zero-order valence-electron chi connectivity index (χ0n) is 21.0. The Balaban J connectivity index is 1.80. The molecule has 0 aromatic heterocycles. The number of hydrogen-bond donors (Lipinski definition) is 2. The molecule has 0 saturated heterocycles. The number of aliphatic hydroxyl groups is 1. The predicted molar refractivity (Wildman–Crippen MR) is 136 cm³/mol. The van der Waals surface area contributed by atoms with Gasteiger partial charge in [-0.25, -0.2) is 0 Å². The van der Waals surface area contributed by atoms with Crippen LogP contribution in [0, 0.1) is 11.8 Å². The lowest BCUT2D eigenvalue weighted by Gasteiger charge is -2.55. The number of esters is 2. The van der Waals surface area contributed by atoms with Gasteiger partial charge in [-0.15, -0.1) is 0 Å². The number of hydrogen-bond acceptors (Lipinski definition) is 6. The summed E-state index contributed by atoms with van der Waals surface area (Å²) < 4.78 is 11.3. The summed E-state index contributed by atoms with van der Waals surface area (Å²) in [4.78, 5) is 27.1. The monoisotopic (exact) mass is 496 g/mol. The van der Waals surface area contributed by atoms with Crippen LogP contribution in [0.15, 0.2) is 48.5 Å². The van der Waals surface area contributed by atoms with Crippen LogP contribution in [0.3, 0.4) is 0 Å². The Hall–Kier alpha value is -2.64. The first kappa shape index (κ1) is 25.4. The van der Waals surface area contributed by atoms with Gasteiger partial charge in [-0.05, 0) is 47.7 Å². The average Bonchev–Trinajstić information content (AvgIpc) is 2.81. The van der Waals surface area contributed by atoms with Gasteiger partial charge in [0, 0.05) is 19.9 Å². The van der Waals surface area contributed by atoms with Crippen molar-refractivity contribution < 1.29 is 29.3 Å². The number of rotatable bonds is 8. The second-order valence-electron chi connectivity index (χ2n) is 11.1. The fraction of sp³-hybridized carbons (Fsp3) is 0.500. The van der Waals surface area contributed by atoms with Crippen LogP contribution in [-0.4, -0.2) is 43.4 Å². The third kappa shape index (κ3) is 4.89. The van der Waals surface area contributed by atoms with Crippen molar-refractivity contribution >= 4 is 20.0 Å². The first-order valence-electron chi connectivity index (χ1n) is 12.5. The summed E-state index contributed by atoms with van der Waals surface area (Å²) >= 11 is 0. The maximum atomic E-state index is 13.5. The molecular weight excluding hydrogens is 460 g/mol. The number of carbonyl (C=O) groups excluding carboxylic acids is 2. The van der Waals surface area contributed by atoms with E-state index in [4.69, 9.17) is 9.47 Å². The normalized spacial score (nSPS) is 27.2. The molecule has 2 N–H and O–H groups in total. The molecular formula is C28H36O6Si. The van der Waals surface area contributed by atoms with E-state index in [0.717, 1.165) is 11.6 Å². The quantitative estimate of drug-likeness (QED) is 0.398. The van der Waals surface area contributed by atoms with Crippen molar-refractivity contribution in [2.45, 2.75) is 62.9 Å². The van der Waals surface area contributed by atoms with Gasteiger partial charge < -0.3 is 19.7 Å². The molecule has 35 heavy (non-hydrogen) atoms. The molecule has 1 saturated carbocycles. The van der Waals surface area contributed by atoms with Crippen molar-refractivity contribution in [1.29, 1.82) is 0 Å². The molecule has 2 bridgehead atoms. The Morgan fingerprint density at radius 3 is 2.29 bits per heavy atom. The summed E-state index contributed by atoms with van der Waals surface area (Å²) in [5.41, 5.74) is 0.859. The van der Waals surface area contributed by atoms with Gasteiger partial charge in [-0.2, -0.15) is 0 Å². The smallest absolute Gasteiger partial charge is 0.310 e. The minimum Gasteiger partial charge on any atom is -0.508 e. The SMILES string of the molecule is CCCOC(=O)[C@H]1[C@H](C(=O)OCC[Si](C)(C)C)C2CC(O)(c3ccccc3)[C@H]1c1cc(O)ccc12. The first-order valence-corrected chi connectivity index (χ1v) is 16.2. The van der Waals surface area contributed by atoms with E-state index in [-0.39, 0.29) is 18.8 Å². The van der Waals surface area contributed by atoms with Crippen molar-refractivity contribution in [3.05, 3.63) is 65.2 Å². The Bertz CT molecular complexity index is 1080. The van der Waals surface area contributed by atoms with Crippen LogP contribution in [0.4, 0.5) is 0 Å². The first-order chi connectivity index (χ1) is 16.6. The Kier molecular flexibility index (Phi) is 7.11. The predicted octanol–water partition coefficient (Wildman–Crippen LogP) is 4.93. The second-order valence-corrected chi connectivity index (χ2v) is 16.7. The molecule has 3 aliphatic rings. The number of phenolic OH excluding ortho intramolecular Hbond substituents is 1. The van der Waals surface area contributed by atoms with E-state index < -0.39 is 49.3 Å². The van der Waals surface area contributed by atoms with E-state index in [2.05, 4.69) is 19.6 Å². The molecule has 2 aromatic carbocycles. The highest BCUT2D eigenvalue weighted by atomic mass is 28.3. The molecule has 0 spiro atoms. The van der Waals surface area contributed by atoms with Gasteiger partial charge in [-0.1, -0.05) is 63.0 Å². The Labute approximate surface area is 208 Å². The van der Waals surface area contributed by atoms with Crippen LogP contribution in [-0.2, 0) is 24.7 Å². The fourth-order valence-electron chi connectivity index (χ4n) is 5.74. The molecule has 2 unspecified atom stereocenters. The molecule has 0 aliphatic heterocycles. The Morgan fingerprint density at radius 2 is 1.63 bits per heavy atom. The molecule has 2 aromatic rings. The molecule has 188 valence electrons. The number of carbonyl (C=O) groups is 2. The minimum absolute atomic E-state index is 0.0571. The maximum absolute atomic E-state index is 13.5. The lowest BCUT2D eigenvalue weighted by Crippen LogP contribution is -2.56. The second kappa shape index (κ2) is 9.78. The molecule has 1 fully saturated rings. The standard InChI is InChI=1S/C28H36O6Si/c1-5-13-33-27(31)24-23(26(30)34-14-15-35(2,3)4)22-17-28(32,18-9-7-6-8-10-18)25(24)21-16-19(29)11-12-20(21)22/h6-12,16,22-25,29,32H,5,13-15,17H2,1-4H3/t22?,23-,24+,25+,28?/m1/s1.